The Morgan fingerprint density at radius 2 is 1.83 bits per heavy atom. The molecule has 3 rings (SSSR count). The molecule has 0 bridgehead atoms. The van der Waals surface area contributed by atoms with Crippen LogP contribution in [-0.2, 0) is 13.2 Å². The summed E-state index contributed by atoms with van der Waals surface area (Å²) in [5, 5.41) is 31.6. The maximum Gasteiger partial charge on any atom is 0.434 e. The molecule has 2 aromatic carbocycles. The molecule has 1 aromatic heterocycles. The molecule has 12 heteroatoms. The van der Waals surface area contributed by atoms with E-state index in [0.717, 1.165) is 6.20 Å². The molecule has 1 heterocycles. The van der Waals surface area contributed by atoms with Gasteiger partial charge in [-0.25, -0.2) is 9.78 Å². The predicted molar refractivity (Wildman–Crippen MR) is 118 cm³/mol. The largest absolute Gasteiger partial charge is 0.507 e. The van der Waals surface area contributed by atoms with Gasteiger partial charge in [0, 0.05) is 25.4 Å². The van der Waals surface area contributed by atoms with Crippen LogP contribution in [0.3, 0.4) is 0 Å². The van der Waals surface area contributed by atoms with Crippen LogP contribution in [0, 0.1) is 0 Å². The highest BCUT2D eigenvalue weighted by atomic mass is 19.4. The summed E-state index contributed by atoms with van der Waals surface area (Å²) in [4.78, 5) is 14.7. The van der Waals surface area contributed by atoms with Gasteiger partial charge in [0.05, 0.1) is 0 Å². The molecular weight excluding hydrogens is 471 g/mol. The quantitative estimate of drug-likeness (QED) is 0.250. The number of imidazole rings is 1. The molecule has 0 saturated carbocycles. The summed E-state index contributed by atoms with van der Waals surface area (Å²) in [7, 11) is 1.47. The highest BCUT2D eigenvalue weighted by Crippen LogP contribution is 2.31. The minimum absolute atomic E-state index is 0.107. The molecule has 0 aliphatic carbocycles. The van der Waals surface area contributed by atoms with Gasteiger partial charge in [0.2, 0.25) is 0 Å². The second kappa shape index (κ2) is 10.7. The average Bonchev–Trinajstić information content (AvgIpc) is 3.19. The first-order valence-electron chi connectivity index (χ1n) is 10.4. The number of aromatic nitrogens is 2. The molecule has 0 radical (unpaired) electrons. The smallest absolute Gasteiger partial charge is 0.434 e. The van der Waals surface area contributed by atoms with Crippen LogP contribution in [0.1, 0.15) is 23.0 Å². The molecule has 0 spiro atoms. The third-order valence-corrected chi connectivity index (χ3v) is 4.90. The van der Waals surface area contributed by atoms with E-state index in [-0.39, 0.29) is 36.0 Å². The Morgan fingerprint density at radius 3 is 2.40 bits per heavy atom. The number of aromatic hydroxyl groups is 1. The van der Waals surface area contributed by atoms with Gasteiger partial charge in [0.25, 0.3) is 0 Å². The Bertz CT molecular complexity index is 1160. The predicted octanol–water partition coefficient (Wildman–Crippen LogP) is 3.26. The zero-order valence-electron chi connectivity index (χ0n) is 18.8. The van der Waals surface area contributed by atoms with Gasteiger partial charge in [-0.2, -0.15) is 13.2 Å². The summed E-state index contributed by atoms with van der Waals surface area (Å²) < 4.78 is 51.2. The third kappa shape index (κ3) is 6.64. The number of carbonyl (C=O) groups is 1. The SMILES string of the molecule is CC(O)C(NCCOc1ccc(O)c(C(=O)O)c1)Oc1ccc(-c2nc(C(F)(F)F)cn2C)cc1. The van der Waals surface area contributed by atoms with E-state index in [0.29, 0.717) is 11.3 Å². The fraction of sp³-hybridized carbons (Fsp3) is 0.304. The number of halogens is 3. The van der Waals surface area contributed by atoms with Crippen molar-refractivity contribution in [1.82, 2.24) is 14.9 Å². The maximum absolute atomic E-state index is 12.9. The van der Waals surface area contributed by atoms with E-state index in [1.54, 1.807) is 24.3 Å². The van der Waals surface area contributed by atoms with Crippen LogP contribution in [0.5, 0.6) is 17.2 Å². The molecule has 188 valence electrons. The molecule has 0 amide bonds. The average molecular weight is 495 g/mol. The highest BCUT2D eigenvalue weighted by molar-refractivity contribution is 5.91. The van der Waals surface area contributed by atoms with Crippen LogP contribution in [-0.4, -0.2) is 56.3 Å². The summed E-state index contributed by atoms with van der Waals surface area (Å²) in [6.07, 6.45) is -5.38. The van der Waals surface area contributed by atoms with Crippen LogP contribution in [0.25, 0.3) is 11.4 Å². The number of alkyl halides is 3. The monoisotopic (exact) mass is 495 g/mol. The van der Waals surface area contributed by atoms with Crippen LogP contribution in [0.4, 0.5) is 13.2 Å². The Balaban J connectivity index is 1.57. The molecule has 0 fully saturated rings. The van der Waals surface area contributed by atoms with Gasteiger partial charge in [-0.05, 0) is 49.4 Å². The first-order chi connectivity index (χ1) is 16.5. The van der Waals surface area contributed by atoms with Crippen molar-refractivity contribution in [3.63, 3.8) is 0 Å². The lowest BCUT2D eigenvalue weighted by molar-refractivity contribution is -0.140. The summed E-state index contributed by atoms with van der Waals surface area (Å²) >= 11 is 0. The number of aliphatic hydroxyl groups excluding tert-OH is 1. The van der Waals surface area contributed by atoms with Crippen molar-refractivity contribution in [2.75, 3.05) is 13.2 Å². The van der Waals surface area contributed by atoms with Crippen LogP contribution < -0.4 is 14.8 Å². The lowest BCUT2D eigenvalue weighted by Gasteiger charge is -2.23. The van der Waals surface area contributed by atoms with E-state index in [9.17, 15) is 28.2 Å². The van der Waals surface area contributed by atoms with Crippen molar-refractivity contribution in [3.8, 4) is 28.6 Å². The lowest BCUT2D eigenvalue weighted by Crippen LogP contribution is -2.44. The van der Waals surface area contributed by atoms with Gasteiger partial charge in [-0.15, -0.1) is 0 Å². The molecule has 0 aliphatic rings. The van der Waals surface area contributed by atoms with E-state index < -0.39 is 30.2 Å². The van der Waals surface area contributed by atoms with Crippen molar-refractivity contribution in [2.45, 2.75) is 25.4 Å². The van der Waals surface area contributed by atoms with Crippen molar-refractivity contribution < 1.29 is 42.8 Å². The fourth-order valence-corrected chi connectivity index (χ4v) is 3.16. The van der Waals surface area contributed by atoms with Crippen molar-refractivity contribution in [3.05, 3.63) is 59.9 Å². The number of carboxylic acids is 1. The zero-order valence-corrected chi connectivity index (χ0v) is 18.8. The molecule has 9 nitrogen and oxygen atoms in total. The van der Waals surface area contributed by atoms with Gasteiger partial charge in [-0.3, -0.25) is 5.32 Å². The van der Waals surface area contributed by atoms with Gasteiger partial charge >= 0.3 is 12.1 Å². The number of aliphatic hydroxyl groups is 1. The van der Waals surface area contributed by atoms with Gasteiger partial charge in [-0.1, -0.05) is 0 Å². The van der Waals surface area contributed by atoms with Crippen molar-refractivity contribution in [2.24, 2.45) is 7.05 Å². The topological polar surface area (TPSA) is 126 Å². The summed E-state index contributed by atoms with van der Waals surface area (Å²) in [6, 6.07) is 10.1. The number of carboxylic acid groups (broad SMARTS) is 1. The Morgan fingerprint density at radius 1 is 1.17 bits per heavy atom. The number of nitrogens with zero attached hydrogens (tertiary/aromatic N) is 2. The minimum atomic E-state index is -4.54. The van der Waals surface area contributed by atoms with E-state index in [1.165, 1.54) is 36.7 Å². The molecular formula is C23H24F3N3O6. The molecule has 3 aromatic rings. The molecule has 0 aliphatic heterocycles. The van der Waals surface area contributed by atoms with Gasteiger partial charge in [0.15, 0.2) is 11.9 Å². The number of hydrogen-bond donors (Lipinski definition) is 4. The van der Waals surface area contributed by atoms with Crippen molar-refractivity contribution >= 4 is 5.97 Å². The highest BCUT2D eigenvalue weighted by Gasteiger charge is 2.34. The zero-order chi connectivity index (χ0) is 25.8. The number of rotatable bonds is 10. The summed E-state index contributed by atoms with van der Waals surface area (Å²) in [5.74, 6) is -0.909. The Hall–Kier alpha value is -3.77. The molecule has 4 N–H and O–H groups in total. The number of nitrogens with one attached hydrogen (secondary N) is 1. The van der Waals surface area contributed by atoms with Crippen LogP contribution in [0.2, 0.25) is 0 Å². The number of aryl methyl sites for hydroxylation is 1. The van der Waals surface area contributed by atoms with E-state index in [1.807, 2.05) is 0 Å². The molecule has 2 unspecified atom stereocenters. The third-order valence-electron chi connectivity index (χ3n) is 4.90. The standard InChI is InChI=1S/C23H24F3N3O6/c1-13(30)21(27-9-10-34-16-7-8-18(31)17(11-16)22(32)33)35-15-5-3-14(4-6-15)20-28-19(12-29(20)2)23(24,25)26/h3-8,11-13,21,27,30-31H,9-10H2,1-2H3,(H,32,33). The minimum Gasteiger partial charge on any atom is -0.507 e. The Labute approximate surface area is 198 Å². The maximum atomic E-state index is 12.9. The molecule has 35 heavy (non-hydrogen) atoms. The van der Waals surface area contributed by atoms with E-state index >= 15 is 0 Å². The fourth-order valence-electron chi connectivity index (χ4n) is 3.16. The van der Waals surface area contributed by atoms with Gasteiger partial charge in [0.1, 0.15) is 41.3 Å². The summed E-state index contributed by atoms with van der Waals surface area (Å²) in [5.41, 5.74) is -0.813. The number of benzene rings is 2. The molecule has 2 atom stereocenters. The number of aromatic carboxylic acids is 1. The first-order valence-corrected chi connectivity index (χ1v) is 10.4. The number of ether oxygens (including phenoxy) is 2. The first kappa shape index (κ1) is 25.8. The number of phenols is 1. The van der Waals surface area contributed by atoms with E-state index in [2.05, 4.69) is 10.3 Å². The molecule has 0 saturated heterocycles. The number of hydrogen-bond acceptors (Lipinski definition) is 7. The summed E-state index contributed by atoms with van der Waals surface area (Å²) in [6.45, 7) is 1.85. The van der Waals surface area contributed by atoms with Crippen molar-refractivity contribution in [1.29, 1.82) is 0 Å². The second-order valence-corrected chi connectivity index (χ2v) is 7.65. The van der Waals surface area contributed by atoms with Gasteiger partial charge < -0.3 is 29.4 Å². The normalized spacial score (nSPS) is 13.3. The Kier molecular flexibility index (Phi) is 7.87. The van der Waals surface area contributed by atoms with Crippen LogP contribution in [0.15, 0.2) is 48.7 Å². The lowest BCUT2D eigenvalue weighted by atomic mass is 10.2. The second-order valence-electron chi connectivity index (χ2n) is 7.65. The van der Waals surface area contributed by atoms with E-state index in [4.69, 9.17) is 14.6 Å². The van der Waals surface area contributed by atoms with Crippen LogP contribution >= 0.6 is 0 Å².